The summed E-state index contributed by atoms with van der Waals surface area (Å²) in [5.74, 6) is 0.289. The molecule has 4 heteroatoms. The van der Waals surface area contributed by atoms with Crippen LogP contribution in [0.1, 0.15) is 32.0 Å². The second kappa shape index (κ2) is 5.44. The standard InChI is InChI=1S/C15H14N2O2/c1-10-7-11(2)16-14(8-10)17-15(19)13-5-3-12(9-18)4-6-13/h3-9H,1-2H3,(H,16,17,19). The van der Waals surface area contributed by atoms with Crippen molar-refractivity contribution < 1.29 is 9.59 Å². The van der Waals surface area contributed by atoms with E-state index in [1.165, 1.54) is 0 Å². The van der Waals surface area contributed by atoms with Crippen LogP contribution in [0.15, 0.2) is 36.4 Å². The van der Waals surface area contributed by atoms with E-state index in [9.17, 15) is 9.59 Å². The van der Waals surface area contributed by atoms with Crippen LogP contribution in [0.3, 0.4) is 0 Å². The average molecular weight is 254 g/mol. The highest BCUT2D eigenvalue weighted by atomic mass is 16.1. The van der Waals surface area contributed by atoms with E-state index in [-0.39, 0.29) is 5.91 Å². The molecule has 0 unspecified atom stereocenters. The Morgan fingerprint density at radius 3 is 2.42 bits per heavy atom. The molecule has 0 aliphatic heterocycles. The summed E-state index contributed by atoms with van der Waals surface area (Å²) >= 11 is 0. The summed E-state index contributed by atoms with van der Waals surface area (Å²) in [5.41, 5.74) is 2.93. The fraction of sp³-hybridized carbons (Fsp3) is 0.133. The molecule has 1 aromatic carbocycles. The molecular formula is C15H14N2O2. The van der Waals surface area contributed by atoms with Crippen LogP contribution < -0.4 is 5.32 Å². The van der Waals surface area contributed by atoms with Gasteiger partial charge in [-0.25, -0.2) is 4.98 Å². The molecule has 2 aromatic rings. The summed E-state index contributed by atoms with van der Waals surface area (Å²) in [6.07, 6.45) is 0.743. The number of pyridine rings is 1. The number of carbonyl (C=O) groups is 2. The van der Waals surface area contributed by atoms with E-state index in [1.54, 1.807) is 24.3 Å². The van der Waals surface area contributed by atoms with Gasteiger partial charge in [0.15, 0.2) is 0 Å². The minimum absolute atomic E-state index is 0.241. The molecule has 2 rings (SSSR count). The van der Waals surface area contributed by atoms with E-state index in [0.29, 0.717) is 16.9 Å². The molecule has 1 N–H and O–H groups in total. The Morgan fingerprint density at radius 2 is 1.84 bits per heavy atom. The van der Waals surface area contributed by atoms with Crippen LogP contribution in [-0.4, -0.2) is 17.2 Å². The molecule has 0 spiro atoms. The molecule has 0 bridgehead atoms. The number of hydrogen-bond donors (Lipinski definition) is 1. The number of nitrogens with one attached hydrogen (secondary N) is 1. The van der Waals surface area contributed by atoms with Gasteiger partial charge in [-0.05, 0) is 43.7 Å². The van der Waals surface area contributed by atoms with E-state index in [0.717, 1.165) is 17.5 Å². The second-order valence-electron chi connectivity index (χ2n) is 4.37. The van der Waals surface area contributed by atoms with E-state index >= 15 is 0 Å². The first kappa shape index (κ1) is 13.0. The van der Waals surface area contributed by atoms with Crippen molar-refractivity contribution in [1.82, 2.24) is 4.98 Å². The molecule has 4 nitrogen and oxygen atoms in total. The Kier molecular flexibility index (Phi) is 3.71. The maximum atomic E-state index is 12.0. The van der Waals surface area contributed by atoms with Gasteiger partial charge in [-0.3, -0.25) is 9.59 Å². The third-order valence-corrected chi connectivity index (χ3v) is 2.65. The lowest BCUT2D eigenvalue weighted by atomic mass is 10.1. The highest BCUT2D eigenvalue weighted by molar-refractivity contribution is 6.04. The highest BCUT2D eigenvalue weighted by Crippen LogP contribution is 2.11. The van der Waals surface area contributed by atoms with Gasteiger partial charge in [-0.2, -0.15) is 0 Å². The second-order valence-corrected chi connectivity index (χ2v) is 4.37. The van der Waals surface area contributed by atoms with Crippen LogP contribution in [-0.2, 0) is 0 Å². The largest absolute Gasteiger partial charge is 0.307 e. The Labute approximate surface area is 111 Å². The molecule has 19 heavy (non-hydrogen) atoms. The van der Waals surface area contributed by atoms with Crippen molar-refractivity contribution in [2.75, 3.05) is 5.32 Å². The zero-order valence-electron chi connectivity index (χ0n) is 10.8. The summed E-state index contributed by atoms with van der Waals surface area (Å²) in [5, 5.41) is 2.74. The molecule has 0 saturated heterocycles. The molecule has 1 heterocycles. The smallest absolute Gasteiger partial charge is 0.256 e. The topological polar surface area (TPSA) is 59.1 Å². The first-order valence-corrected chi connectivity index (χ1v) is 5.90. The third kappa shape index (κ3) is 3.25. The van der Waals surface area contributed by atoms with Crippen molar-refractivity contribution in [2.45, 2.75) is 13.8 Å². The molecule has 1 aromatic heterocycles. The summed E-state index contributed by atoms with van der Waals surface area (Å²) in [6, 6.07) is 10.2. The summed E-state index contributed by atoms with van der Waals surface area (Å²) in [6.45, 7) is 3.82. The van der Waals surface area contributed by atoms with Gasteiger partial charge in [-0.15, -0.1) is 0 Å². The van der Waals surface area contributed by atoms with Crippen molar-refractivity contribution in [3.8, 4) is 0 Å². The van der Waals surface area contributed by atoms with E-state index < -0.39 is 0 Å². The first-order chi connectivity index (χ1) is 9.08. The maximum Gasteiger partial charge on any atom is 0.256 e. The number of carbonyl (C=O) groups excluding carboxylic acids is 2. The van der Waals surface area contributed by atoms with Gasteiger partial charge in [0.25, 0.3) is 5.91 Å². The first-order valence-electron chi connectivity index (χ1n) is 5.90. The molecule has 0 aliphatic rings. The van der Waals surface area contributed by atoms with E-state index in [1.807, 2.05) is 26.0 Å². The van der Waals surface area contributed by atoms with Gasteiger partial charge >= 0.3 is 0 Å². The van der Waals surface area contributed by atoms with Crippen LogP contribution in [0, 0.1) is 13.8 Å². The molecule has 0 saturated carbocycles. The van der Waals surface area contributed by atoms with Crippen molar-refractivity contribution >= 4 is 18.0 Å². The number of amides is 1. The number of rotatable bonds is 3. The Morgan fingerprint density at radius 1 is 1.16 bits per heavy atom. The van der Waals surface area contributed by atoms with E-state index in [4.69, 9.17) is 0 Å². The van der Waals surface area contributed by atoms with Crippen molar-refractivity contribution in [2.24, 2.45) is 0 Å². The molecule has 0 aliphatic carbocycles. The zero-order chi connectivity index (χ0) is 13.8. The minimum Gasteiger partial charge on any atom is -0.307 e. The zero-order valence-corrected chi connectivity index (χ0v) is 10.8. The van der Waals surface area contributed by atoms with Crippen LogP contribution >= 0.6 is 0 Å². The number of hydrogen-bond acceptors (Lipinski definition) is 3. The molecule has 0 atom stereocenters. The van der Waals surface area contributed by atoms with Crippen molar-refractivity contribution in [3.05, 3.63) is 58.8 Å². The van der Waals surface area contributed by atoms with Gasteiger partial charge in [0.05, 0.1) is 0 Å². The molecule has 1 amide bonds. The lowest BCUT2D eigenvalue weighted by molar-refractivity contribution is 0.102. The van der Waals surface area contributed by atoms with Crippen LogP contribution in [0.5, 0.6) is 0 Å². The van der Waals surface area contributed by atoms with Gasteiger partial charge in [0, 0.05) is 16.8 Å². The normalized spacial score (nSPS) is 10.0. The number of benzene rings is 1. The van der Waals surface area contributed by atoms with Crippen LogP contribution in [0.2, 0.25) is 0 Å². The summed E-state index contributed by atoms with van der Waals surface area (Å²) in [4.78, 5) is 26.8. The minimum atomic E-state index is -0.241. The quantitative estimate of drug-likeness (QED) is 0.857. The number of aromatic nitrogens is 1. The number of aryl methyl sites for hydroxylation is 2. The molecule has 0 radical (unpaired) electrons. The predicted molar refractivity (Wildman–Crippen MR) is 73.5 cm³/mol. The molecule has 0 fully saturated rings. The Hall–Kier alpha value is -2.49. The summed E-state index contributed by atoms with van der Waals surface area (Å²) < 4.78 is 0. The van der Waals surface area contributed by atoms with Crippen molar-refractivity contribution in [1.29, 1.82) is 0 Å². The maximum absolute atomic E-state index is 12.0. The van der Waals surface area contributed by atoms with Gasteiger partial charge in [0.1, 0.15) is 12.1 Å². The van der Waals surface area contributed by atoms with Gasteiger partial charge in [-0.1, -0.05) is 12.1 Å². The predicted octanol–water partition coefficient (Wildman–Crippen LogP) is 2.76. The fourth-order valence-corrected chi connectivity index (χ4v) is 1.81. The number of anilines is 1. The van der Waals surface area contributed by atoms with Crippen LogP contribution in [0.4, 0.5) is 5.82 Å². The van der Waals surface area contributed by atoms with Crippen LogP contribution in [0.25, 0.3) is 0 Å². The molecular weight excluding hydrogens is 240 g/mol. The molecule has 96 valence electrons. The lowest BCUT2D eigenvalue weighted by Crippen LogP contribution is -2.13. The van der Waals surface area contributed by atoms with Gasteiger partial charge in [0.2, 0.25) is 0 Å². The van der Waals surface area contributed by atoms with Crippen molar-refractivity contribution in [3.63, 3.8) is 0 Å². The third-order valence-electron chi connectivity index (χ3n) is 2.65. The monoisotopic (exact) mass is 254 g/mol. The fourth-order valence-electron chi connectivity index (χ4n) is 1.81. The summed E-state index contributed by atoms with van der Waals surface area (Å²) in [7, 11) is 0. The SMILES string of the molecule is Cc1cc(C)nc(NC(=O)c2ccc(C=O)cc2)c1. The highest BCUT2D eigenvalue weighted by Gasteiger charge is 2.07. The lowest BCUT2D eigenvalue weighted by Gasteiger charge is -2.06. The average Bonchev–Trinajstić information content (AvgIpc) is 2.37. The number of nitrogens with zero attached hydrogens (tertiary/aromatic N) is 1. The number of aldehydes is 1. The Balaban J connectivity index is 2.17. The Bertz CT molecular complexity index is 598. The van der Waals surface area contributed by atoms with Gasteiger partial charge < -0.3 is 5.32 Å². The van der Waals surface area contributed by atoms with E-state index in [2.05, 4.69) is 10.3 Å².